The Bertz CT molecular complexity index is 877. The molecule has 0 amide bonds. The summed E-state index contributed by atoms with van der Waals surface area (Å²) < 4.78 is 35.6. The van der Waals surface area contributed by atoms with Crippen LogP contribution >= 0.6 is 15.9 Å². The third kappa shape index (κ3) is 4.14. The average molecular weight is 455 g/mol. The number of aromatic nitrogens is 1. The number of pyridine rings is 1. The van der Waals surface area contributed by atoms with Crippen LogP contribution in [0.4, 0.5) is 14.6 Å². The zero-order valence-corrected chi connectivity index (χ0v) is 16.8. The van der Waals surface area contributed by atoms with E-state index in [0.29, 0.717) is 30.6 Å². The van der Waals surface area contributed by atoms with Gasteiger partial charge >= 0.3 is 6.61 Å². The highest BCUT2D eigenvalue weighted by atomic mass is 79.9. The van der Waals surface area contributed by atoms with E-state index in [1.54, 1.807) is 12.3 Å². The van der Waals surface area contributed by atoms with E-state index in [1.165, 1.54) is 0 Å². The number of furan rings is 1. The molecule has 2 aliphatic rings. The lowest BCUT2D eigenvalue weighted by molar-refractivity contribution is -0.159. The molecule has 150 valence electrons. The second-order valence-electron chi connectivity index (χ2n) is 7.37. The summed E-state index contributed by atoms with van der Waals surface area (Å²) in [4.78, 5) is 6.71. The minimum atomic E-state index is -2.69. The summed E-state index contributed by atoms with van der Waals surface area (Å²) in [6, 6.07) is 4.43. The van der Waals surface area contributed by atoms with Crippen molar-refractivity contribution < 1.29 is 17.9 Å². The van der Waals surface area contributed by atoms with Crippen LogP contribution in [-0.2, 0) is 4.74 Å². The fourth-order valence-electron chi connectivity index (χ4n) is 4.26. The van der Waals surface area contributed by atoms with Crippen LogP contribution < -0.4 is 5.32 Å². The van der Waals surface area contributed by atoms with Crippen molar-refractivity contribution in [3.05, 3.63) is 22.5 Å². The highest BCUT2D eigenvalue weighted by Crippen LogP contribution is 2.34. The van der Waals surface area contributed by atoms with E-state index in [9.17, 15) is 8.78 Å². The van der Waals surface area contributed by atoms with Crippen LogP contribution in [0.1, 0.15) is 37.9 Å². The van der Waals surface area contributed by atoms with Gasteiger partial charge in [0.25, 0.3) is 0 Å². The van der Waals surface area contributed by atoms with E-state index in [4.69, 9.17) is 9.68 Å². The van der Waals surface area contributed by atoms with E-state index < -0.39 is 6.61 Å². The molecule has 1 N–H and O–H groups in total. The van der Waals surface area contributed by atoms with Crippen LogP contribution in [-0.4, -0.2) is 47.8 Å². The molecule has 0 radical (unpaired) electrons. The molecule has 0 spiro atoms. The van der Waals surface area contributed by atoms with Gasteiger partial charge in [-0.25, -0.2) is 4.98 Å². The number of fused-ring (bicyclic) bond motifs is 1. The number of nitriles is 1. The summed E-state index contributed by atoms with van der Waals surface area (Å²) >= 11 is 3.57. The third-order valence-electron chi connectivity index (χ3n) is 5.65. The highest BCUT2D eigenvalue weighted by Gasteiger charge is 2.33. The Hall–Kier alpha value is -1.76. The van der Waals surface area contributed by atoms with Crippen LogP contribution in [0.5, 0.6) is 0 Å². The second kappa shape index (κ2) is 8.31. The Labute approximate surface area is 170 Å². The van der Waals surface area contributed by atoms with Crippen molar-refractivity contribution in [1.82, 2.24) is 9.88 Å². The Kier molecular flexibility index (Phi) is 5.80. The Balaban J connectivity index is 1.33. The summed E-state index contributed by atoms with van der Waals surface area (Å²) in [5.41, 5.74) is 0.576. The summed E-state index contributed by atoms with van der Waals surface area (Å²) in [7, 11) is 0. The van der Waals surface area contributed by atoms with Crippen LogP contribution in [0.25, 0.3) is 11.0 Å². The summed E-state index contributed by atoms with van der Waals surface area (Å²) in [5, 5.41) is 13.3. The Morgan fingerprint density at radius 3 is 2.82 bits per heavy atom. The van der Waals surface area contributed by atoms with Crippen molar-refractivity contribution in [2.24, 2.45) is 0 Å². The van der Waals surface area contributed by atoms with Gasteiger partial charge in [-0.2, -0.15) is 14.0 Å². The molecule has 1 unspecified atom stereocenters. The van der Waals surface area contributed by atoms with Gasteiger partial charge in [0.15, 0.2) is 5.58 Å². The van der Waals surface area contributed by atoms with Crippen LogP contribution in [0, 0.1) is 11.3 Å². The highest BCUT2D eigenvalue weighted by molar-refractivity contribution is 9.10. The molecule has 4 rings (SSSR count). The van der Waals surface area contributed by atoms with E-state index in [-0.39, 0.29) is 11.9 Å². The number of nitrogens with zero attached hydrogens (tertiary/aromatic N) is 3. The van der Waals surface area contributed by atoms with Gasteiger partial charge in [-0.15, -0.1) is 0 Å². The first-order valence-electron chi connectivity index (χ1n) is 9.46. The van der Waals surface area contributed by atoms with Gasteiger partial charge in [0.05, 0.1) is 16.8 Å². The number of hydrogen-bond donors (Lipinski definition) is 1. The number of ether oxygens (including phenoxy) is 1. The molecule has 2 aromatic rings. The average Bonchev–Trinajstić information content (AvgIpc) is 3.31. The second-order valence-corrected chi connectivity index (χ2v) is 8.17. The fourth-order valence-corrected chi connectivity index (χ4v) is 4.78. The SMILES string of the molecule is N#Cc1cc2c(Br)c(NC3CCC(N4CCC(OC(F)F)C4)CC3)ncc2o1. The molecule has 1 aliphatic heterocycles. The standard InChI is InChI=1S/C19H21BrF2N4O2/c20-17-15-7-14(8-23)27-16(15)9-24-18(17)25-11-1-3-12(4-2-11)26-6-5-13(10-26)28-19(21)22/h7,9,11-13,19H,1-6,10H2,(H,24,25). The van der Waals surface area contributed by atoms with Gasteiger partial charge < -0.3 is 14.5 Å². The van der Waals surface area contributed by atoms with Gasteiger partial charge in [-0.1, -0.05) is 0 Å². The third-order valence-corrected chi connectivity index (χ3v) is 6.45. The molecular formula is C19H21BrF2N4O2. The number of alkyl halides is 2. The molecule has 0 aromatic carbocycles. The Morgan fingerprint density at radius 1 is 1.32 bits per heavy atom. The molecule has 1 saturated carbocycles. The number of anilines is 1. The monoisotopic (exact) mass is 454 g/mol. The quantitative estimate of drug-likeness (QED) is 0.716. The van der Waals surface area contributed by atoms with Crippen molar-refractivity contribution >= 4 is 32.7 Å². The molecule has 9 heteroatoms. The summed E-state index contributed by atoms with van der Waals surface area (Å²) in [6.07, 6.45) is 5.96. The van der Waals surface area contributed by atoms with E-state index in [1.807, 2.05) is 6.07 Å². The predicted molar refractivity (Wildman–Crippen MR) is 103 cm³/mol. The maximum absolute atomic E-state index is 12.4. The molecule has 3 heterocycles. The van der Waals surface area contributed by atoms with Crippen LogP contribution in [0.15, 0.2) is 21.2 Å². The zero-order valence-electron chi connectivity index (χ0n) is 15.2. The van der Waals surface area contributed by atoms with Crippen molar-refractivity contribution in [1.29, 1.82) is 5.26 Å². The molecule has 2 aromatic heterocycles. The lowest BCUT2D eigenvalue weighted by atomic mass is 9.90. The molecule has 1 saturated heterocycles. The summed E-state index contributed by atoms with van der Waals surface area (Å²) in [6.45, 7) is -1.27. The van der Waals surface area contributed by atoms with Crippen LogP contribution in [0.2, 0.25) is 0 Å². The van der Waals surface area contributed by atoms with Gasteiger partial charge in [-0.3, -0.25) is 4.90 Å². The van der Waals surface area contributed by atoms with Gasteiger partial charge in [0.2, 0.25) is 5.76 Å². The lowest BCUT2D eigenvalue weighted by Crippen LogP contribution is -2.40. The number of nitrogens with one attached hydrogen (secondary N) is 1. The van der Waals surface area contributed by atoms with Crippen molar-refractivity contribution in [3.8, 4) is 6.07 Å². The number of rotatable bonds is 5. The first-order chi connectivity index (χ1) is 13.5. The fraction of sp³-hybridized carbons (Fsp3) is 0.579. The molecule has 2 fully saturated rings. The lowest BCUT2D eigenvalue weighted by Gasteiger charge is -2.35. The molecule has 1 aliphatic carbocycles. The van der Waals surface area contributed by atoms with Gasteiger partial charge in [-0.05, 0) is 48.0 Å². The van der Waals surface area contributed by atoms with E-state index in [0.717, 1.165) is 47.9 Å². The topological polar surface area (TPSA) is 74.3 Å². The number of halogens is 3. The first-order valence-corrected chi connectivity index (χ1v) is 10.2. The number of hydrogen-bond acceptors (Lipinski definition) is 6. The van der Waals surface area contributed by atoms with Gasteiger partial charge in [0, 0.05) is 36.6 Å². The van der Waals surface area contributed by atoms with Crippen molar-refractivity contribution in [2.75, 3.05) is 18.4 Å². The molecule has 28 heavy (non-hydrogen) atoms. The maximum Gasteiger partial charge on any atom is 0.345 e. The van der Waals surface area contributed by atoms with Crippen LogP contribution in [0.3, 0.4) is 0 Å². The molecule has 6 nitrogen and oxygen atoms in total. The minimum Gasteiger partial charge on any atom is -0.444 e. The zero-order chi connectivity index (χ0) is 19.7. The van der Waals surface area contributed by atoms with Crippen molar-refractivity contribution in [2.45, 2.75) is 56.9 Å². The smallest absolute Gasteiger partial charge is 0.345 e. The molecule has 1 atom stereocenters. The molecule has 0 bridgehead atoms. The maximum atomic E-state index is 12.4. The number of likely N-dealkylation sites (tertiary alicyclic amines) is 1. The Morgan fingerprint density at radius 2 is 2.11 bits per heavy atom. The largest absolute Gasteiger partial charge is 0.444 e. The predicted octanol–water partition coefficient (Wildman–Crippen LogP) is 4.50. The first kappa shape index (κ1) is 19.6. The summed E-state index contributed by atoms with van der Waals surface area (Å²) in [5.74, 6) is 1.00. The van der Waals surface area contributed by atoms with Crippen molar-refractivity contribution in [3.63, 3.8) is 0 Å². The normalized spacial score (nSPS) is 26.0. The van der Waals surface area contributed by atoms with Gasteiger partial charge in [0.1, 0.15) is 11.9 Å². The van der Waals surface area contributed by atoms with E-state index in [2.05, 4.69) is 35.9 Å². The minimum absolute atomic E-state index is 0.259. The van der Waals surface area contributed by atoms with E-state index >= 15 is 0 Å². The molecular weight excluding hydrogens is 434 g/mol.